The largest absolute Gasteiger partial charge is 0.469 e. The Kier molecular flexibility index (Phi) is 7.10. The first-order valence-corrected chi connectivity index (χ1v) is 5.81. The average Bonchev–Trinajstić information content (AvgIpc) is 2.62. The smallest absolute Gasteiger partial charge is 0.309 e. The lowest BCUT2D eigenvalue weighted by atomic mass is 10.2. The molecule has 0 bridgehead atoms. The Morgan fingerprint density at radius 1 is 1.71 bits per heavy atom. The summed E-state index contributed by atoms with van der Waals surface area (Å²) < 4.78 is 4.67. The summed E-state index contributed by atoms with van der Waals surface area (Å²) in [6, 6.07) is 0. The maximum Gasteiger partial charge on any atom is 0.309 e. The zero-order valence-electron chi connectivity index (χ0n) is 10.2. The molecule has 0 aliphatic heterocycles. The number of ether oxygens (including phenoxy) is 1. The van der Waals surface area contributed by atoms with E-state index >= 15 is 0 Å². The van der Waals surface area contributed by atoms with E-state index in [2.05, 4.69) is 14.6 Å². The number of nitrogens with zero attached hydrogens (tertiary/aromatic N) is 2. The number of nitrogen functional groups attached to an aromatic ring is 1. The van der Waals surface area contributed by atoms with Crippen molar-refractivity contribution in [3.63, 3.8) is 0 Å². The van der Waals surface area contributed by atoms with E-state index < -0.39 is 0 Å². The number of esters is 1. The van der Waals surface area contributed by atoms with Crippen molar-refractivity contribution in [2.75, 3.05) is 26.4 Å². The van der Waals surface area contributed by atoms with Crippen LogP contribution in [-0.4, -0.2) is 36.6 Å². The van der Waals surface area contributed by atoms with Crippen molar-refractivity contribution in [1.29, 1.82) is 0 Å². The van der Waals surface area contributed by atoms with Crippen LogP contribution in [0.25, 0.3) is 0 Å². The minimum Gasteiger partial charge on any atom is -0.469 e. The van der Waals surface area contributed by atoms with Crippen LogP contribution in [0.15, 0.2) is 6.20 Å². The molecule has 1 heterocycles. The van der Waals surface area contributed by atoms with E-state index in [1.54, 1.807) is 6.20 Å². The van der Waals surface area contributed by atoms with Gasteiger partial charge in [-0.1, -0.05) is 6.92 Å². The number of nitrogens with two attached hydrogens (primary N) is 1. The first-order valence-electron chi connectivity index (χ1n) is 4.99. The molecule has 17 heavy (non-hydrogen) atoms. The fraction of sp³-hybridized carbons (Fsp3) is 0.600. The van der Waals surface area contributed by atoms with Gasteiger partial charge < -0.3 is 15.4 Å². The summed E-state index contributed by atoms with van der Waals surface area (Å²) in [5.74, 6) is -0.309. The lowest BCUT2D eigenvalue weighted by molar-refractivity contribution is -0.145. The summed E-state index contributed by atoms with van der Waals surface area (Å²) in [5, 5.41) is 0.574. The second-order valence-corrected chi connectivity index (χ2v) is 4.93. The molecule has 0 saturated heterocycles. The Labute approximate surface area is 111 Å². The fourth-order valence-electron chi connectivity index (χ4n) is 1.47. The minimum atomic E-state index is -0.185. The Hall–Kier alpha value is -0.850. The van der Waals surface area contributed by atoms with E-state index in [4.69, 9.17) is 5.73 Å². The van der Waals surface area contributed by atoms with Crippen LogP contribution >= 0.6 is 23.7 Å². The molecule has 7 heteroatoms. The summed E-state index contributed by atoms with van der Waals surface area (Å²) in [5.41, 5.74) is 5.54. The number of anilines is 1. The first kappa shape index (κ1) is 16.1. The summed E-state index contributed by atoms with van der Waals surface area (Å²) >= 11 is 1.47. The van der Waals surface area contributed by atoms with Crippen LogP contribution in [0.3, 0.4) is 0 Å². The molecular weight excluding hydrogens is 262 g/mol. The van der Waals surface area contributed by atoms with Crippen LogP contribution in [-0.2, 0) is 16.1 Å². The highest BCUT2D eigenvalue weighted by atomic mass is 35.5. The van der Waals surface area contributed by atoms with Crippen molar-refractivity contribution in [3.8, 4) is 0 Å². The quantitative estimate of drug-likeness (QED) is 0.825. The summed E-state index contributed by atoms with van der Waals surface area (Å²) in [6.45, 7) is 3.25. The van der Waals surface area contributed by atoms with Crippen molar-refractivity contribution in [2.24, 2.45) is 5.92 Å². The third-order valence-electron chi connectivity index (χ3n) is 2.19. The van der Waals surface area contributed by atoms with Crippen LogP contribution < -0.4 is 5.73 Å². The molecule has 0 saturated carbocycles. The summed E-state index contributed by atoms with van der Waals surface area (Å²) in [6.07, 6.45) is 1.76. The van der Waals surface area contributed by atoms with Crippen molar-refractivity contribution in [3.05, 3.63) is 11.1 Å². The van der Waals surface area contributed by atoms with Crippen molar-refractivity contribution >= 4 is 34.8 Å². The van der Waals surface area contributed by atoms with Crippen LogP contribution in [0.1, 0.15) is 11.8 Å². The molecule has 0 aromatic carbocycles. The maximum atomic E-state index is 11.2. The molecule has 0 spiro atoms. The Morgan fingerprint density at radius 3 is 2.82 bits per heavy atom. The van der Waals surface area contributed by atoms with Gasteiger partial charge >= 0.3 is 5.97 Å². The maximum absolute atomic E-state index is 11.2. The molecule has 0 aliphatic carbocycles. The molecule has 0 amide bonds. The Morgan fingerprint density at radius 2 is 2.35 bits per heavy atom. The molecule has 1 rings (SSSR count). The lowest BCUT2D eigenvalue weighted by Gasteiger charge is -2.18. The lowest BCUT2D eigenvalue weighted by Crippen LogP contribution is -2.28. The number of aromatic nitrogens is 1. The topological polar surface area (TPSA) is 68.5 Å². The van der Waals surface area contributed by atoms with Gasteiger partial charge in [0, 0.05) is 24.2 Å². The second kappa shape index (κ2) is 7.47. The Balaban J connectivity index is 0.00000256. The van der Waals surface area contributed by atoms with Gasteiger partial charge in [0.15, 0.2) is 5.13 Å². The monoisotopic (exact) mass is 279 g/mol. The van der Waals surface area contributed by atoms with Gasteiger partial charge in [-0.3, -0.25) is 4.79 Å². The fourth-order valence-corrected chi connectivity index (χ4v) is 2.23. The van der Waals surface area contributed by atoms with Crippen molar-refractivity contribution in [1.82, 2.24) is 9.88 Å². The zero-order valence-corrected chi connectivity index (χ0v) is 11.8. The van der Waals surface area contributed by atoms with Gasteiger partial charge in [-0.15, -0.1) is 23.7 Å². The van der Waals surface area contributed by atoms with Crippen LogP contribution in [0.5, 0.6) is 0 Å². The Bertz CT molecular complexity index is 359. The van der Waals surface area contributed by atoms with Gasteiger partial charge in [-0.05, 0) is 7.05 Å². The van der Waals surface area contributed by atoms with Crippen LogP contribution in [0.4, 0.5) is 5.13 Å². The minimum absolute atomic E-state index is 0. The molecule has 0 aliphatic rings. The van der Waals surface area contributed by atoms with Gasteiger partial charge in [0.25, 0.3) is 0 Å². The summed E-state index contributed by atoms with van der Waals surface area (Å²) in [4.78, 5) is 18.3. The molecule has 0 radical (unpaired) electrons. The van der Waals surface area contributed by atoms with Gasteiger partial charge in [0.1, 0.15) is 0 Å². The van der Waals surface area contributed by atoms with Crippen molar-refractivity contribution < 1.29 is 9.53 Å². The van der Waals surface area contributed by atoms with Gasteiger partial charge in [-0.25, -0.2) is 4.98 Å². The molecule has 1 atom stereocenters. The number of methoxy groups -OCH3 is 1. The van der Waals surface area contributed by atoms with Crippen LogP contribution in [0.2, 0.25) is 0 Å². The molecule has 0 fully saturated rings. The van der Waals surface area contributed by atoms with E-state index in [1.165, 1.54) is 18.4 Å². The number of hydrogen-bond donors (Lipinski definition) is 1. The van der Waals surface area contributed by atoms with Gasteiger partial charge in [0.05, 0.1) is 13.0 Å². The van der Waals surface area contributed by atoms with E-state index in [0.29, 0.717) is 11.7 Å². The molecule has 1 aromatic rings. The normalized spacial score (nSPS) is 12.0. The van der Waals surface area contributed by atoms with E-state index in [9.17, 15) is 4.79 Å². The second-order valence-electron chi connectivity index (χ2n) is 3.79. The molecular formula is C10H18ClN3O2S. The molecule has 1 unspecified atom stereocenters. The highest BCUT2D eigenvalue weighted by molar-refractivity contribution is 7.15. The number of rotatable bonds is 5. The third-order valence-corrected chi connectivity index (χ3v) is 3.00. The highest BCUT2D eigenvalue weighted by Crippen LogP contribution is 2.16. The number of hydrogen-bond acceptors (Lipinski definition) is 6. The predicted octanol–water partition coefficient (Wildman–Crippen LogP) is 1.39. The van der Waals surface area contributed by atoms with Gasteiger partial charge in [-0.2, -0.15) is 0 Å². The number of carbonyl (C=O) groups excluding carboxylic acids is 1. The number of thiazole rings is 1. The standard InChI is InChI=1S/C10H17N3O2S.ClH/c1-7(9(14)15-3)5-13(2)6-8-4-12-10(11)16-8;/h4,7H,5-6H2,1-3H3,(H2,11,12);1H. The zero-order chi connectivity index (χ0) is 12.1. The highest BCUT2D eigenvalue weighted by Gasteiger charge is 2.15. The van der Waals surface area contributed by atoms with E-state index in [1.807, 2.05) is 14.0 Å². The third kappa shape index (κ3) is 5.34. The molecule has 5 nitrogen and oxygen atoms in total. The molecule has 1 aromatic heterocycles. The summed E-state index contributed by atoms with van der Waals surface area (Å²) in [7, 11) is 3.36. The van der Waals surface area contributed by atoms with Crippen molar-refractivity contribution in [2.45, 2.75) is 13.5 Å². The number of halogens is 1. The van der Waals surface area contributed by atoms with E-state index in [0.717, 1.165) is 11.4 Å². The average molecular weight is 280 g/mol. The SMILES string of the molecule is COC(=O)C(C)CN(C)Cc1cnc(N)s1.Cl. The molecule has 2 N–H and O–H groups in total. The predicted molar refractivity (Wildman–Crippen MR) is 71.3 cm³/mol. The molecule has 98 valence electrons. The number of carbonyl (C=O) groups is 1. The van der Waals surface area contributed by atoms with Crippen LogP contribution in [0, 0.1) is 5.92 Å². The van der Waals surface area contributed by atoms with E-state index in [-0.39, 0.29) is 24.3 Å². The first-order chi connectivity index (χ1) is 7.52. The van der Waals surface area contributed by atoms with Gasteiger partial charge in [0.2, 0.25) is 0 Å².